The third kappa shape index (κ3) is 6.15. The molecule has 0 amide bonds. The summed E-state index contributed by atoms with van der Waals surface area (Å²) in [6.07, 6.45) is 3.33. The van der Waals surface area contributed by atoms with E-state index >= 15 is 0 Å². The van der Waals surface area contributed by atoms with Crippen LogP contribution in [0.5, 0.6) is 0 Å². The molecule has 0 aliphatic rings. The molecule has 0 aromatic rings. The molecule has 0 spiro atoms. The van der Waals surface area contributed by atoms with Crippen molar-refractivity contribution < 1.29 is 4.39 Å². The van der Waals surface area contributed by atoms with Crippen LogP contribution in [0.2, 0.25) is 0 Å². The van der Waals surface area contributed by atoms with Crippen LogP contribution >= 0.6 is 15.9 Å². The Morgan fingerprint density at radius 3 is 2.57 bits per heavy atom. The first kappa shape index (κ1) is 7.15. The van der Waals surface area contributed by atoms with Crippen molar-refractivity contribution in [2.75, 3.05) is 0 Å². The van der Waals surface area contributed by atoms with E-state index in [0.29, 0.717) is 0 Å². The Balaban J connectivity index is 3.08. The first-order valence-electron chi connectivity index (χ1n) is 2.28. The second-order valence-electron chi connectivity index (χ2n) is 1.28. The lowest BCUT2D eigenvalue weighted by atomic mass is 10.3. The molecule has 0 nitrogen and oxygen atoms in total. The highest BCUT2D eigenvalue weighted by Gasteiger charge is 1.79. The molecule has 0 bridgehead atoms. The molecular weight excluding hydrogens is 159 g/mol. The maximum absolute atomic E-state index is 11.7. The molecule has 0 unspecified atom stereocenters. The summed E-state index contributed by atoms with van der Waals surface area (Å²) in [4.78, 5) is 0. The quantitative estimate of drug-likeness (QED) is 0.592. The second kappa shape index (κ2) is 4.31. The fourth-order valence-corrected chi connectivity index (χ4v) is 0.482. The summed E-state index contributed by atoms with van der Waals surface area (Å²) in [7, 11) is 0. The Morgan fingerprint density at radius 1 is 1.86 bits per heavy atom. The van der Waals surface area contributed by atoms with Crippen LogP contribution in [-0.2, 0) is 0 Å². The van der Waals surface area contributed by atoms with Crippen molar-refractivity contribution >= 4 is 15.9 Å². The third-order valence-corrected chi connectivity index (χ3v) is 0.911. The Labute approximate surface area is 51.5 Å². The van der Waals surface area contributed by atoms with Gasteiger partial charge in [0.15, 0.2) is 4.74 Å². The Morgan fingerprint density at radius 2 is 2.43 bits per heavy atom. The molecule has 0 heterocycles. The molecule has 7 heavy (non-hydrogen) atoms. The largest absolute Gasteiger partial charge is 0.199 e. The monoisotopic (exact) mass is 166 g/mol. The minimum atomic E-state index is -0.255. The summed E-state index contributed by atoms with van der Waals surface area (Å²) in [5, 5.41) is 0. The van der Waals surface area contributed by atoms with Gasteiger partial charge in [0.25, 0.3) is 0 Å². The number of allylic oxidation sites excluding steroid dienone is 1. The van der Waals surface area contributed by atoms with Crippen LogP contribution in [0.4, 0.5) is 4.39 Å². The van der Waals surface area contributed by atoms with Crippen LogP contribution in [0.25, 0.3) is 0 Å². The molecule has 0 atom stereocenters. The molecule has 0 aromatic carbocycles. The molecule has 0 aliphatic heterocycles. The highest BCUT2D eigenvalue weighted by molar-refractivity contribution is 9.11. The Bertz CT molecular complexity index is 64.5. The van der Waals surface area contributed by atoms with Crippen molar-refractivity contribution in [2.24, 2.45) is 0 Å². The lowest BCUT2D eigenvalue weighted by molar-refractivity contribution is 0.696. The van der Waals surface area contributed by atoms with Gasteiger partial charge in [-0.05, 0) is 28.4 Å². The minimum absolute atomic E-state index is 0.255. The van der Waals surface area contributed by atoms with Crippen molar-refractivity contribution in [3.63, 3.8) is 0 Å². The molecule has 0 fully saturated rings. The smallest absolute Gasteiger partial charge is 0.161 e. The number of unbranched alkanes of at least 4 members (excludes halogenated alkanes) is 1. The van der Waals surface area contributed by atoms with Crippen LogP contribution in [0, 0.1) is 0 Å². The molecule has 0 aromatic heterocycles. The van der Waals surface area contributed by atoms with Gasteiger partial charge in [0.1, 0.15) is 0 Å². The van der Waals surface area contributed by atoms with E-state index in [9.17, 15) is 4.39 Å². The maximum atomic E-state index is 11.7. The van der Waals surface area contributed by atoms with Crippen LogP contribution in [0.3, 0.4) is 0 Å². The number of halogens is 2. The van der Waals surface area contributed by atoms with Crippen molar-refractivity contribution in [2.45, 2.75) is 19.8 Å². The topological polar surface area (TPSA) is 0 Å². The van der Waals surface area contributed by atoms with E-state index in [2.05, 4.69) is 15.9 Å². The molecule has 0 rings (SSSR count). The van der Waals surface area contributed by atoms with E-state index in [0.717, 1.165) is 12.8 Å². The van der Waals surface area contributed by atoms with Gasteiger partial charge in [-0.25, -0.2) is 0 Å². The molecule has 0 N–H and O–H groups in total. The summed E-state index contributed by atoms with van der Waals surface area (Å²) < 4.78 is 11.4. The van der Waals surface area contributed by atoms with Gasteiger partial charge < -0.3 is 0 Å². The minimum Gasteiger partial charge on any atom is -0.199 e. The van der Waals surface area contributed by atoms with Crippen molar-refractivity contribution in [3.8, 4) is 0 Å². The van der Waals surface area contributed by atoms with E-state index in [1.165, 1.54) is 6.08 Å². The third-order valence-electron chi connectivity index (χ3n) is 0.587. The summed E-state index contributed by atoms with van der Waals surface area (Å²) in [5.74, 6) is 0. The van der Waals surface area contributed by atoms with E-state index in [-0.39, 0.29) is 4.74 Å². The number of rotatable bonds is 2. The normalized spacial score (nSPS) is 12.1. The summed E-state index contributed by atoms with van der Waals surface area (Å²) >= 11 is 2.67. The van der Waals surface area contributed by atoms with E-state index in [4.69, 9.17) is 0 Å². The van der Waals surface area contributed by atoms with Crippen LogP contribution < -0.4 is 0 Å². The SMILES string of the molecule is CCC/C=C(\F)Br. The number of hydrogen-bond acceptors (Lipinski definition) is 0. The zero-order valence-corrected chi connectivity index (χ0v) is 5.83. The van der Waals surface area contributed by atoms with Crippen molar-refractivity contribution in [1.82, 2.24) is 0 Å². The van der Waals surface area contributed by atoms with Gasteiger partial charge in [-0.15, -0.1) is 0 Å². The molecule has 0 radical (unpaired) electrons. The van der Waals surface area contributed by atoms with Gasteiger partial charge in [-0.3, -0.25) is 0 Å². The van der Waals surface area contributed by atoms with Crippen molar-refractivity contribution in [1.29, 1.82) is 0 Å². The van der Waals surface area contributed by atoms with Crippen molar-refractivity contribution in [3.05, 3.63) is 10.8 Å². The fourth-order valence-electron chi connectivity index (χ4n) is 0.253. The van der Waals surface area contributed by atoms with Crippen LogP contribution in [0.1, 0.15) is 19.8 Å². The van der Waals surface area contributed by atoms with Gasteiger partial charge in [-0.2, -0.15) is 4.39 Å². The van der Waals surface area contributed by atoms with E-state index in [1.807, 2.05) is 6.92 Å². The van der Waals surface area contributed by atoms with Gasteiger partial charge in [0.2, 0.25) is 0 Å². The highest BCUT2D eigenvalue weighted by atomic mass is 79.9. The lowest BCUT2D eigenvalue weighted by Crippen LogP contribution is -1.59. The first-order chi connectivity index (χ1) is 3.27. The van der Waals surface area contributed by atoms with Gasteiger partial charge in [0, 0.05) is 0 Å². The summed E-state index contributed by atoms with van der Waals surface area (Å²) in [6.45, 7) is 2.01. The first-order valence-corrected chi connectivity index (χ1v) is 3.07. The molecule has 0 aliphatic carbocycles. The molecule has 2 heteroatoms. The average molecular weight is 167 g/mol. The average Bonchev–Trinajstić information content (AvgIpc) is 1.61. The predicted octanol–water partition coefficient (Wildman–Crippen LogP) is 2.99. The zero-order chi connectivity index (χ0) is 5.70. The van der Waals surface area contributed by atoms with Gasteiger partial charge in [0.05, 0.1) is 0 Å². The summed E-state index contributed by atoms with van der Waals surface area (Å²) in [5.41, 5.74) is 0. The number of hydrogen-bond donors (Lipinski definition) is 0. The lowest BCUT2D eigenvalue weighted by Gasteiger charge is -1.79. The second-order valence-corrected chi connectivity index (χ2v) is 2.04. The Kier molecular flexibility index (Phi) is 4.41. The summed E-state index contributed by atoms with van der Waals surface area (Å²) in [6, 6.07) is 0. The highest BCUT2D eigenvalue weighted by Crippen LogP contribution is 2.06. The van der Waals surface area contributed by atoms with E-state index in [1.54, 1.807) is 0 Å². The van der Waals surface area contributed by atoms with Crippen LogP contribution in [-0.4, -0.2) is 0 Å². The Hall–Kier alpha value is 0.150. The zero-order valence-electron chi connectivity index (χ0n) is 4.25. The van der Waals surface area contributed by atoms with Gasteiger partial charge in [-0.1, -0.05) is 13.3 Å². The molecule has 0 saturated heterocycles. The maximum Gasteiger partial charge on any atom is 0.161 e. The molecule has 42 valence electrons. The molecule has 0 saturated carbocycles. The fraction of sp³-hybridized carbons (Fsp3) is 0.600. The van der Waals surface area contributed by atoms with Crippen LogP contribution in [0.15, 0.2) is 10.8 Å². The standard InChI is InChI=1S/C5H8BrF/c1-2-3-4-5(6)7/h4H,2-3H2,1H3/b5-4-. The van der Waals surface area contributed by atoms with E-state index < -0.39 is 0 Å². The molecular formula is C5H8BrF. The predicted molar refractivity (Wildman–Crippen MR) is 33.0 cm³/mol. The van der Waals surface area contributed by atoms with Gasteiger partial charge >= 0.3 is 0 Å².